The second-order valence-electron chi connectivity index (χ2n) is 10.1. The van der Waals surface area contributed by atoms with Gasteiger partial charge in [0, 0.05) is 18.9 Å². The van der Waals surface area contributed by atoms with Crippen LogP contribution in [0.25, 0.3) is 6.08 Å². The Bertz CT molecular complexity index is 1110. The van der Waals surface area contributed by atoms with E-state index in [2.05, 4.69) is 0 Å². The number of benzene rings is 1. The van der Waals surface area contributed by atoms with E-state index in [0.717, 1.165) is 5.57 Å². The van der Waals surface area contributed by atoms with Crippen molar-refractivity contribution in [2.45, 2.75) is 58.0 Å². The van der Waals surface area contributed by atoms with Gasteiger partial charge in [0.15, 0.2) is 11.6 Å². The number of phenols is 1. The average molecular weight is 534 g/mol. The molecule has 0 aromatic heterocycles. The van der Waals surface area contributed by atoms with Crippen molar-refractivity contribution in [1.29, 1.82) is 0 Å². The summed E-state index contributed by atoms with van der Waals surface area (Å²) in [6, 6.07) is 4.02. The first-order chi connectivity index (χ1) is 18.1. The number of likely N-dealkylation sites (tertiary alicyclic amines) is 1. The first-order valence-corrected chi connectivity index (χ1v) is 12.9. The Morgan fingerprint density at radius 1 is 1.16 bits per heavy atom. The molecule has 1 aliphatic heterocycles. The summed E-state index contributed by atoms with van der Waals surface area (Å²) < 4.78 is 13.6. The number of phenolic OH excluding ortho intramolecular Hbond substituents is 1. The van der Waals surface area contributed by atoms with Crippen LogP contribution in [0.4, 0.5) is 4.39 Å². The number of carbonyl (C=O) groups excluding carboxylic acids is 2. The van der Waals surface area contributed by atoms with E-state index in [-0.39, 0.29) is 31.7 Å². The molecule has 0 saturated carbocycles. The molecule has 4 atom stereocenters. The molecule has 1 aromatic rings. The molecule has 10 heteroatoms. The van der Waals surface area contributed by atoms with E-state index in [9.17, 15) is 39.2 Å². The van der Waals surface area contributed by atoms with Crippen molar-refractivity contribution < 1.29 is 44.3 Å². The van der Waals surface area contributed by atoms with Gasteiger partial charge in [-0.2, -0.15) is 0 Å². The minimum absolute atomic E-state index is 0.0191. The Morgan fingerprint density at radius 3 is 2.53 bits per heavy atom. The summed E-state index contributed by atoms with van der Waals surface area (Å²) in [5.41, 5.74) is 2.22. The maximum absolute atomic E-state index is 13.6. The molecule has 2 aliphatic rings. The fraction of sp³-hybridized carbons (Fsp3) is 0.536. The number of hydrogen-bond acceptors (Lipinski definition) is 7. The minimum atomic E-state index is -1.07. The summed E-state index contributed by atoms with van der Waals surface area (Å²) >= 11 is 0. The van der Waals surface area contributed by atoms with Gasteiger partial charge in [-0.25, -0.2) is 4.39 Å². The number of halogens is 1. The molecule has 9 nitrogen and oxygen atoms in total. The predicted molar refractivity (Wildman–Crippen MR) is 136 cm³/mol. The largest absolute Gasteiger partial charge is 0.505 e. The van der Waals surface area contributed by atoms with Gasteiger partial charge in [-0.15, -0.1) is 0 Å². The lowest BCUT2D eigenvalue weighted by Gasteiger charge is -2.36. The fourth-order valence-corrected chi connectivity index (χ4v) is 5.60. The van der Waals surface area contributed by atoms with Crippen molar-refractivity contribution in [3.8, 4) is 5.75 Å². The topological polar surface area (TPSA) is 156 Å². The molecular formula is C28H36FNO8. The lowest BCUT2D eigenvalue weighted by Crippen LogP contribution is -2.39. The van der Waals surface area contributed by atoms with Crippen LogP contribution in [0.3, 0.4) is 0 Å². The smallest absolute Gasteiger partial charge is 0.303 e. The molecule has 1 saturated heterocycles. The third kappa shape index (κ3) is 6.67. The van der Waals surface area contributed by atoms with Crippen molar-refractivity contribution >= 4 is 23.9 Å². The molecule has 3 rings (SSSR count). The van der Waals surface area contributed by atoms with Crippen LogP contribution in [0.2, 0.25) is 0 Å². The maximum Gasteiger partial charge on any atom is 0.303 e. The van der Waals surface area contributed by atoms with Gasteiger partial charge in [0.05, 0.1) is 31.2 Å². The summed E-state index contributed by atoms with van der Waals surface area (Å²) in [6.45, 7) is 1.10. The minimum Gasteiger partial charge on any atom is -0.505 e. The van der Waals surface area contributed by atoms with Crippen molar-refractivity contribution in [3.63, 3.8) is 0 Å². The standard InChI is InChI=1S/C28H36FNO8/c1-16(11-17-7-9-22(33)21(29)12-17)6-8-23(34)25-18(14-31)13-19-26(20(25)15-32)28(38)30(27(19)37)10-4-2-3-5-24(35)36/h7,9,11-12,19-20,23,26,31-34H,2-6,8,10,13-15H2,1H3,(H,35,36)/b16-11+/t19-,20+,23-,26-/m1/s1. The van der Waals surface area contributed by atoms with E-state index in [1.807, 2.05) is 6.92 Å². The third-order valence-corrected chi connectivity index (χ3v) is 7.49. The number of imide groups is 1. The molecule has 1 fully saturated rings. The number of carboxylic acid groups (broad SMARTS) is 1. The second-order valence-corrected chi connectivity index (χ2v) is 10.1. The molecular weight excluding hydrogens is 497 g/mol. The summed E-state index contributed by atoms with van der Waals surface area (Å²) in [5, 5.41) is 49.5. The number of aliphatic carboxylic acids is 1. The number of fused-ring (bicyclic) bond motifs is 1. The van der Waals surface area contributed by atoms with E-state index >= 15 is 0 Å². The highest BCUT2D eigenvalue weighted by Gasteiger charge is 2.54. The van der Waals surface area contributed by atoms with E-state index < -0.39 is 60.5 Å². The molecule has 1 heterocycles. The Morgan fingerprint density at radius 2 is 1.89 bits per heavy atom. The van der Waals surface area contributed by atoms with Crippen LogP contribution in [0, 0.1) is 23.6 Å². The highest BCUT2D eigenvalue weighted by Crippen LogP contribution is 2.46. The molecule has 2 amide bonds. The summed E-state index contributed by atoms with van der Waals surface area (Å²) in [5.74, 6) is -5.22. The Labute approximate surface area is 220 Å². The quantitative estimate of drug-likeness (QED) is 0.147. The zero-order valence-electron chi connectivity index (χ0n) is 21.5. The van der Waals surface area contributed by atoms with Crippen LogP contribution < -0.4 is 0 Å². The van der Waals surface area contributed by atoms with Crippen molar-refractivity contribution in [2.24, 2.45) is 17.8 Å². The zero-order valence-corrected chi connectivity index (χ0v) is 21.5. The molecule has 0 radical (unpaired) electrons. The fourth-order valence-electron chi connectivity index (χ4n) is 5.60. The molecule has 0 unspecified atom stereocenters. The first-order valence-electron chi connectivity index (χ1n) is 12.9. The lowest BCUT2D eigenvalue weighted by molar-refractivity contribution is -0.141. The first kappa shape index (κ1) is 29.5. The second kappa shape index (κ2) is 13.1. The molecule has 1 aliphatic carbocycles. The number of aliphatic hydroxyl groups excluding tert-OH is 3. The third-order valence-electron chi connectivity index (χ3n) is 7.49. The number of aliphatic hydroxyl groups is 3. The number of unbranched alkanes of at least 4 members (excludes halogenated alkanes) is 2. The monoisotopic (exact) mass is 533 g/mol. The Kier molecular flexibility index (Phi) is 10.2. The van der Waals surface area contributed by atoms with Crippen LogP contribution in [0.15, 0.2) is 34.9 Å². The maximum atomic E-state index is 13.6. The SMILES string of the molecule is C/C(=C\c1ccc(O)c(F)c1)CC[C@@H](O)C1=C(CO)C[C@H]2C(=O)N(CCCCCC(=O)O)C(=O)[C@H]2[C@H]1CO. The molecule has 0 bridgehead atoms. The summed E-state index contributed by atoms with van der Waals surface area (Å²) in [7, 11) is 0. The molecule has 38 heavy (non-hydrogen) atoms. The van der Waals surface area contributed by atoms with Gasteiger partial charge < -0.3 is 25.5 Å². The molecule has 5 N–H and O–H groups in total. The Balaban J connectivity index is 1.70. The Hall–Kier alpha value is -3.08. The normalized spacial score (nSPS) is 22.7. The number of nitrogens with zero attached hydrogens (tertiary/aromatic N) is 1. The van der Waals surface area contributed by atoms with Crippen LogP contribution in [0.1, 0.15) is 57.4 Å². The molecule has 0 spiro atoms. The zero-order chi connectivity index (χ0) is 28.0. The lowest BCUT2D eigenvalue weighted by atomic mass is 9.68. The summed E-state index contributed by atoms with van der Waals surface area (Å²) in [6.07, 6.45) is 2.90. The van der Waals surface area contributed by atoms with Gasteiger partial charge in [-0.3, -0.25) is 19.3 Å². The number of amides is 2. The number of carbonyl (C=O) groups is 3. The number of hydrogen-bond donors (Lipinski definition) is 5. The van der Waals surface area contributed by atoms with Crippen LogP contribution in [0.5, 0.6) is 5.75 Å². The van der Waals surface area contributed by atoms with Gasteiger partial charge in [-0.05, 0) is 67.9 Å². The highest BCUT2D eigenvalue weighted by atomic mass is 19.1. The average Bonchev–Trinajstić information content (AvgIpc) is 3.12. The van der Waals surface area contributed by atoms with Gasteiger partial charge in [0.2, 0.25) is 11.8 Å². The van der Waals surface area contributed by atoms with E-state index in [1.54, 1.807) is 12.1 Å². The van der Waals surface area contributed by atoms with Gasteiger partial charge in [-0.1, -0.05) is 24.1 Å². The van der Waals surface area contributed by atoms with Crippen LogP contribution in [-0.2, 0) is 14.4 Å². The van der Waals surface area contributed by atoms with Gasteiger partial charge in [0.25, 0.3) is 0 Å². The number of allylic oxidation sites excluding steroid dienone is 1. The highest BCUT2D eigenvalue weighted by molar-refractivity contribution is 6.05. The van der Waals surface area contributed by atoms with Crippen molar-refractivity contribution in [2.75, 3.05) is 19.8 Å². The van der Waals surface area contributed by atoms with Crippen molar-refractivity contribution in [3.05, 3.63) is 46.3 Å². The van der Waals surface area contributed by atoms with Gasteiger partial charge in [0.1, 0.15) is 0 Å². The van der Waals surface area contributed by atoms with E-state index in [0.29, 0.717) is 42.4 Å². The van der Waals surface area contributed by atoms with Crippen LogP contribution >= 0.6 is 0 Å². The van der Waals surface area contributed by atoms with Crippen LogP contribution in [-0.4, -0.2) is 74.1 Å². The van der Waals surface area contributed by atoms with E-state index in [1.165, 1.54) is 17.0 Å². The van der Waals surface area contributed by atoms with Gasteiger partial charge >= 0.3 is 5.97 Å². The number of carboxylic acids is 1. The number of rotatable bonds is 13. The molecule has 208 valence electrons. The summed E-state index contributed by atoms with van der Waals surface area (Å²) in [4.78, 5) is 38.2. The van der Waals surface area contributed by atoms with Crippen molar-refractivity contribution in [1.82, 2.24) is 4.90 Å². The predicted octanol–water partition coefficient (Wildman–Crippen LogP) is 2.62. The van der Waals surface area contributed by atoms with E-state index in [4.69, 9.17) is 5.11 Å². The number of aromatic hydroxyl groups is 1. The molecule has 1 aromatic carbocycles.